The van der Waals surface area contributed by atoms with Gasteiger partial charge in [-0.2, -0.15) is 5.26 Å². The van der Waals surface area contributed by atoms with Crippen molar-refractivity contribution in [2.45, 2.75) is 6.17 Å². The van der Waals surface area contributed by atoms with Gasteiger partial charge in [0.2, 0.25) is 6.17 Å². The molecule has 0 bridgehead atoms. The van der Waals surface area contributed by atoms with E-state index in [1.165, 1.54) is 6.07 Å². The van der Waals surface area contributed by atoms with Crippen LogP contribution in [-0.2, 0) is 0 Å². The van der Waals surface area contributed by atoms with Crippen molar-refractivity contribution in [3.63, 3.8) is 0 Å². The van der Waals surface area contributed by atoms with E-state index in [1.54, 1.807) is 24.3 Å². The first-order chi connectivity index (χ1) is 5.25. The van der Waals surface area contributed by atoms with Crippen molar-refractivity contribution < 1.29 is 4.39 Å². The first kappa shape index (κ1) is 8.22. The van der Waals surface area contributed by atoms with Crippen LogP contribution in [0.3, 0.4) is 0 Å². The predicted octanol–water partition coefficient (Wildman–Crippen LogP) is 2.98. The standard InChI is InChI=1S/C8H5BrFN/c9-7-4-2-1-3-6(7)8(10)5-11/h1-4,8H/t8-/m1/s1. The zero-order chi connectivity index (χ0) is 8.27. The number of hydrogen-bond acceptors (Lipinski definition) is 1. The van der Waals surface area contributed by atoms with E-state index in [0.29, 0.717) is 10.0 Å². The van der Waals surface area contributed by atoms with Gasteiger partial charge in [-0.15, -0.1) is 0 Å². The lowest BCUT2D eigenvalue weighted by atomic mass is 10.1. The second kappa shape index (κ2) is 3.49. The molecule has 0 aliphatic rings. The average Bonchev–Trinajstić information content (AvgIpc) is 2.04. The van der Waals surface area contributed by atoms with Crippen LogP contribution in [0.15, 0.2) is 28.7 Å². The van der Waals surface area contributed by atoms with Crippen LogP contribution in [0.5, 0.6) is 0 Å². The van der Waals surface area contributed by atoms with Crippen LogP contribution in [-0.4, -0.2) is 0 Å². The fourth-order valence-corrected chi connectivity index (χ4v) is 1.24. The molecule has 0 aliphatic carbocycles. The van der Waals surface area contributed by atoms with Gasteiger partial charge in [0.15, 0.2) is 0 Å². The zero-order valence-corrected chi connectivity index (χ0v) is 7.18. The molecule has 0 aromatic heterocycles. The smallest absolute Gasteiger partial charge is 0.212 e. The van der Waals surface area contributed by atoms with Gasteiger partial charge in [0, 0.05) is 10.0 Å². The molecular weight excluding hydrogens is 209 g/mol. The number of nitriles is 1. The summed E-state index contributed by atoms with van der Waals surface area (Å²) < 4.78 is 13.4. The van der Waals surface area contributed by atoms with Crippen molar-refractivity contribution in [3.05, 3.63) is 34.3 Å². The monoisotopic (exact) mass is 213 g/mol. The molecule has 0 unspecified atom stereocenters. The summed E-state index contributed by atoms with van der Waals surface area (Å²) in [4.78, 5) is 0. The zero-order valence-electron chi connectivity index (χ0n) is 5.59. The third-order valence-corrected chi connectivity index (χ3v) is 2.01. The second-order valence-electron chi connectivity index (χ2n) is 2.01. The van der Waals surface area contributed by atoms with Crippen molar-refractivity contribution in [2.24, 2.45) is 0 Å². The highest BCUT2D eigenvalue weighted by Crippen LogP contribution is 2.24. The van der Waals surface area contributed by atoms with E-state index < -0.39 is 6.17 Å². The maximum absolute atomic E-state index is 12.7. The van der Waals surface area contributed by atoms with Crippen LogP contribution in [0.2, 0.25) is 0 Å². The number of hydrogen-bond donors (Lipinski definition) is 0. The summed E-state index contributed by atoms with van der Waals surface area (Å²) in [6.45, 7) is 0. The molecule has 0 radical (unpaired) electrons. The molecule has 0 saturated heterocycles. The number of benzene rings is 1. The minimum atomic E-state index is -1.54. The molecule has 0 fully saturated rings. The Kier molecular flexibility index (Phi) is 2.61. The lowest BCUT2D eigenvalue weighted by Crippen LogP contribution is -1.87. The summed E-state index contributed by atoms with van der Waals surface area (Å²) in [6.07, 6.45) is -1.54. The highest BCUT2D eigenvalue weighted by atomic mass is 79.9. The first-order valence-corrected chi connectivity index (χ1v) is 3.83. The molecule has 1 aromatic rings. The lowest BCUT2D eigenvalue weighted by Gasteiger charge is -2.00. The molecule has 11 heavy (non-hydrogen) atoms. The first-order valence-electron chi connectivity index (χ1n) is 3.04. The molecule has 1 aromatic carbocycles. The normalized spacial score (nSPS) is 12.1. The maximum atomic E-state index is 12.7. The quantitative estimate of drug-likeness (QED) is 0.704. The molecule has 0 amide bonds. The van der Waals surface area contributed by atoms with Gasteiger partial charge in [0.1, 0.15) is 6.07 Å². The van der Waals surface area contributed by atoms with E-state index in [9.17, 15) is 4.39 Å². The second-order valence-corrected chi connectivity index (χ2v) is 2.87. The Morgan fingerprint density at radius 1 is 1.45 bits per heavy atom. The molecule has 0 spiro atoms. The van der Waals surface area contributed by atoms with Crippen molar-refractivity contribution in [1.82, 2.24) is 0 Å². The third-order valence-electron chi connectivity index (χ3n) is 1.29. The average molecular weight is 214 g/mol. The summed E-state index contributed by atoms with van der Waals surface area (Å²) in [5.74, 6) is 0. The maximum Gasteiger partial charge on any atom is 0.212 e. The van der Waals surface area contributed by atoms with Crippen molar-refractivity contribution in [2.75, 3.05) is 0 Å². The molecule has 0 aliphatic heterocycles. The molecule has 1 nitrogen and oxygen atoms in total. The Morgan fingerprint density at radius 2 is 2.09 bits per heavy atom. The summed E-state index contributed by atoms with van der Waals surface area (Å²) in [7, 11) is 0. The summed E-state index contributed by atoms with van der Waals surface area (Å²) in [5, 5.41) is 8.27. The van der Waals surface area contributed by atoms with Crippen LogP contribution < -0.4 is 0 Å². The fraction of sp³-hybridized carbons (Fsp3) is 0.125. The number of alkyl halides is 1. The van der Waals surface area contributed by atoms with Crippen LogP contribution in [0.25, 0.3) is 0 Å². The molecule has 0 heterocycles. The molecule has 3 heteroatoms. The number of halogens is 2. The molecule has 0 N–H and O–H groups in total. The van der Waals surface area contributed by atoms with Gasteiger partial charge in [-0.1, -0.05) is 34.1 Å². The summed E-state index contributed by atoms with van der Waals surface area (Å²) >= 11 is 3.15. The largest absolute Gasteiger partial charge is 0.226 e. The van der Waals surface area contributed by atoms with Gasteiger partial charge >= 0.3 is 0 Å². The molecule has 1 rings (SSSR count). The van der Waals surface area contributed by atoms with Crippen LogP contribution in [0.4, 0.5) is 4.39 Å². The van der Waals surface area contributed by atoms with Gasteiger partial charge in [-0.05, 0) is 6.07 Å². The van der Waals surface area contributed by atoms with Gasteiger partial charge in [0.25, 0.3) is 0 Å². The Balaban J connectivity index is 3.05. The molecule has 1 atom stereocenters. The van der Waals surface area contributed by atoms with Crippen LogP contribution in [0.1, 0.15) is 11.7 Å². The highest BCUT2D eigenvalue weighted by Gasteiger charge is 2.09. The van der Waals surface area contributed by atoms with E-state index in [2.05, 4.69) is 15.9 Å². The van der Waals surface area contributed by atoms with Crippen LogP contribution in [0, 0.1) is 11.3 Å². The Bertz CT molecular complexity index is 292. The van der Waals surface area contributed by atoms with E-state index >= 15 is 0 Å². The van der Waals surface area contributed by atoms with Crippen LogP contribution >= 0.6 is 15.9 Å². The SMILES string of the molecule is N#C[C@@H](F)c1ccccc1Br. The van der Waals surface area contributed by atoms with Gasteiger partial charge < -0.3 is 0 Å². The number of rotatable bonds is 1. The van der Waals surface area contributed by atoms with E-state index in [4.69, 9.17) is 5.26 Å². The van der Waals surface area contributed by atoms with Crippen molar-refractivity contribution in [1.29, 1.82) is 5.26 Å². The minimum absolute atomic E-state index is 0.384. The van der Waals surface area contributed by atoms with Gasteiger partial charge in [-0.3, -0.25) is 0 Å². The summed E-state index contributed by atoms with van der Waals surface area (Å²) in [6, 6.07) is 8.29. The topological polar surface area (TPSA) is 23.8 Å². The third kappa shape index (κ3) is 1.78. The van der Waals surface area contributed by atoms with Crippen molar-refractivity contribution >= 4 is 15.9 Å². The molecule has 56 valence electrons. The van der Waals surface area contributed by atoms with E-state index in [0.717, 1.165) is 0 Å². The van der Waals surface area contributed by atoms with Gasteiger partial charge in [-0.25, -0.2) is 4.39 Å². The Morgan fingerprint density at radius 3 is 2.64 bits per heavy atom. The summed E-state index contributed by atoms with van der Waals surface area (Å²) in [5.41, 5.74) is 0.384. The Hall–Kier alpha value is -0.880. The van der Waals surface area contributed by atoms with Crippen molar-refractivity contribution in [3.8, 4) is 6.07 Å². The fourth-order valence-electron chi connectivity index (χ4n) is 0.750. The lowest BCUT2D eigenvalue weighted by molar-refractivity contribution is 0.422. The molecular formula is C8H5BrFN. The van der Waals surface area contributed by atoms with E-state index in [1.807, 2.05) is 0 Å². The van der Waals surface area contributed by atoms with E-state index in [-0.39, 0.29) is 0 Å². The predicted molar refractivity (Wildman–Crippen MR) is 43.6 cm³/mol. The minimum Gasteiger partial charge on any atom is -0.226 e. The molecule has 0 saturated carbocycles. The van der Waals surface area contributed by atoms with Gasteiger partial charge in [0.05, 0.1) is 0 Å². The number of nitrogens with zero attached hydrogens (tertiary/aromatic N) is 1. The Labute approximate surface area is 72.6 Å². The highest BCUT2D eigenvalue weighted by molar-refractivity contribution is 9.10.